The zero-order chi connectivity index (χ0) is 18.1. The fourth-order valence-electron chi connectivity index (χ4n) is 3.33. The summed E-state index contributed by atoms with van der Waals surface area (Å²) in [6.45, 7) is 1.67. The second-order valence-corrected chi connectivity index (χ2v) is 7.28. The topological polar surface area (TPSA) is 69.8 Å². The molecular formula is C19H18Cl2N4O. The Labute approximate surface area is 161 Å². The summed E-state index contributed by atoms with van der Waals surface area (Å²) in [4.78, 5) is 12.5. The summed E-state index contributed by atoms with van der Waals surface area (Å²) in [6.07, 6.45) is 1.90. The Bertz CT molecular complexity index is 943. The van der Waals surface area contributed by atoms with Gasteiger partial charge in [0.2, 0.25) is 5.91 Å². The van der Waals surface area contributed by atoms with Crippen molar-refractivity contribution in [1.82, 2.24) is 15.5 Å². The van der Waals surface area contributed by atoms with Crippen LogP contribution in [-0.4, -0.2) is 29.2 Å². The number of carbonyl (C=O) groups excluding carboxylic acids is 1. The number of carbonyl (C=O) groups is 1. The molecule has 3 N–H and O–H groups in total. The molecule has 0 bridgehead atoms. The monoisotopic (exact) mass is 388 g/mol. The Morgan fingerprint density at radius 3 is 2.73 bits per heavy atom. The number of amides is 1. The highest BCUT2D eigenvalue weighted by Gasteiger charge is 2.22. The van der Waals surface area contributed by atoms with Gasteiger partial charge in [0.15, 0.2) is 5.82 Å². The number of benzene rings is 2. The molecule has 1 unspecified atom stereocenters. The molecule has 7 heteroatoms. The van der Waals surface area contributed by atoms with Crippen molar-refractivity contribution in [3.8, 4) is 11.1 Å². The number of aromatic nitrogens is 2. The van der Waals surface area contributed by atoms with Crippen LogP contribution in [0.4, 0.5) is 5.82 Å². The summed E-state index contributed by atoms with van der Waals surface area (Å²) >= 11 is 12.7. The number of fused-ring (bicyclic) bond motifs is 1. The molecule has 4 rings (SSSR count). The van der Waals surface area contributed by atoms with Crippen molar-refractivity contribution in [3.63, 3.8) is 0 Å². The van der Waals surface area contributed by atoms with Crippen LogP contribution in [0.1, 0.15) is 12.8 Å². The van der Waals surface area contributed by atoms with Crippen LogP contribution in [0.3, 0.4) is 0 Å². The van der Waals surface area contributed by atoms with Crippen molar-refractivity contribution in [1.29, 1.82) is 0 Å². The van der Waals surface area contributed by atoms with Gasteiger partial charge in [-0.2, -0.15) is 5.10 Å². The summed E-state index contributed by atoms with van der Waals surface area (Å²) in [6, 6.07) is 11.2. The number of piperidine rings is 1. The maximum absolute atomic E-state index is 12.5. The summed E-state index contributed by atoms with van der Waals surface area (Å²) in [5.41, 5.74) is 2.49. The van der Waals surface area contributed by atoms with Gasteiger partial charge in [0.1, 0.15) is 0 Å². The van der Waals surface area contributed by atoms with E-state index in [4.69, 9.17) is 23.2 Å². The van der Waals surface area contributed by atoms with Crippen LogP contribution in [0, 0.1) is 5.92 Å². The second kappa shape index (κ2) is 7.27. The lowest BCUT2D eigenvalue weighted by atomic mass is 9.99. The molecule has 2 heterocycles. The average Bonchev–Trinajstić information content (AvgIpc) is 3.04. The molecule has 2 aromatic carbocycles. The minimum atomic E-state index is -0.0308. The van der Waals surface area contributed by atoms with Gasteiger partial charge in [-0.05, 0) is 49.2 Å². The van der Waals surface area contributed by atoms with E-state index in [1.165, 1.54) is 0 Å². The number of hydrogen-bond acceptors (Lipinski definition) is 3. The number of nitrogens with zero attached hydrogens (tertiary/aromatic N) is 1. The van der Waals surface area contributed by atoms with Crippen LogP contribution in [-0.2, 0) is 4.79 Å². The van der Waals surface area contributed by atoms with Gasteiger partial charge < -0.3 is 10.6 Å². The molecule has 1 saturated heterocycles. The van der Waals surface area contributed by atoms with Gasteiger partial charge in [0.25, 0.3) is 0 Å². The Kier molecular flexibility index (Phi) is 4.85. The van der Waals surface area contributed by atoms with E-state index in [1.54, 1.807) is 12.1 Å². The minimum absolute atomic E-state index is 0.00761. The zero-order valence-electron chi connectivity index (χ0n) is 14.0. The molecule has 134 valence electrons. The van der Waals surface area contributed by atoms with Crippen LogP contribution in [0.25, 0.3) is 22.0 Å². The van der Waals surface area contributed by atoms with E-state index in [-0.39, 0.29) is 11.8 Å². The van der Waals surface area contributed by atoms with Gasteiger partial charge >= 0.3 is 0 Å². The second-order valence-electron chi connectivity index (χ2n) is 6.46. The Hall–Kier alpha value is -2.08. The Morgan fingerprint density at radius 1 is 1.19 bits per heavy atom. The Balaban J connectivity index is 1.68. The molecule has 1 aliphatic heterocycles. The minimum Gasteiger partial charge on any atom is -0.316 e. The maximum atomic E-state index is 12.5. The number of nitrogens with one attached hydrogen (secondary N) is 3. The lowest BCUT2D eigenvalue weighted by Crippen LogP contribution is -2.37. The zero-order valence-corrected chi connectivity index (χ0v) is 15.5. The average molecular weight is 389 g/mol. The molecule has 1 amide bonds. The molecule has 5 nitrogen and oxygen atoms in total. The first-order chi connectivity index (χ1) is 12.6. The van der Waals surface area contributed by atoms with E-state index in [9.17, 15) is 4.79 Å². The quantitative estimate of drug-likeness (QED) is 0.619. The smallest absolute Gasteiger partial charge is 0.229 e. The predicted octanol–water partition coefficient (Wildman–Crippen LogP) is 4.47. The molecule has 1 atom stereocenters. The highest BCUT2D eigenvalue weighted by molar-refractivity contribution is 6.39. The van der Waals surface area contributed by atoms with E-state index >= 15 is 0 Å². The highest BCUT2D eigenvalue weighted by Crippen LogP contribution is 2.36. The number of halogens is 2. The summed E-state index contributed by atoms with van der Waals surface area (Å²) in [5, 5.41) is 15.4. The van der Waals surface area contributed by atoms with Gasteiger partial charge in [-0.15, -0.1) is 0 Å². The molecule has 3 aromatic rings. The predicted molar refractivity (Wildman–Crippen MR) is 106 cm³/mol. The van der Waals surface area contributed by atoms with Crippen molar-refractivity contribution in [3.05, 3.63) is 46.4 Å². The van der Waals surface area contributed by atoms with Crippen LogP contribution in [0.15, 0.2) is 36.4 Å². The molecule has 1 aromatic heterocycles. The lowest BCUT2D eigenvalue weighted by molar-refractivity contribution is -0.120. The number of hydrogen-bond donors (Lipinski definition) is 3. The third-order valence-electron chi connectivity index (χ3n) is 4.72. The van der Waals surface area contributed by atoms with E-state index < -0.39 is 0 Å². The maximum Gasteiger partial charge on any atom is 0.229 e. The highest BCUT2D eigenvalue weighted by atomic mass is 35.5. The number of anilines is 1. The molecule has 26 heavy (non-hydrogen) atoms. The SMILES string of the molecule is O=C(Nc1n[nH]c2ccc(-c3c(Cl)cccc3Cl)cc12)C1CCCNC1. The van der Waals surface area contributed by atoms with E-state index in [0.29, 0.717) is 22.4 Å². The third kappa shape index (κ3) is 3.30. The lowest BCUT2D eigenvalue weighted by Gasteiger charge is -2.21. The van der Waals surface area contributed by atoms with Gasteiger partial charge in [0.05, 0.1) is 11.4 Å². The first kappa shape index (κ1) is 17.3. The van der Waals surface area contributed by atoms with Gasteiger partial charge in [-0.3, -0.25) is 9.89 Å². The fraction of sp³-hybridized carbons (Fsp3) is 0.263. The fourth-order valence-corrected chi connectivity index (χ4v) is 3.95. The van der Waals surface area contributed by atoms with Gasteiger partial charge in [-0.1, -0.05) is 35.3 Å². The molecule has 1 fully saturated rings. The normalized spacial score (nSPS) is 17.4. The van der Waals surface area contributed by atoms with Crippen molar-refractivity contribution < 1.29 is 4.79 Å². The molecule has 0 saturated carbocycles. The summed E-state index contributed by atoms with van der Waals surface area (Å²) < 4.78 is 0. The summed E-state index contributed by atoms with van der Waals surface area (Å²) in [5.74, 6) is 0.490. The van der Waals surface area contributed by atoms with Crippen molar-refractivity contribution in [2.75, 3.05) is 18.4 Å². The number of H-pyrrole nitrogens is 1. The molecule has 0 radical (unpaired) electrons. The van der Waals surface area contributed by atoms with Crippen molar-refractivity contribution in [2.45, 2.75) is 12.8 Å². The standard InChI is InChI=1S/C19H18Cl2N4O/c20-14-4-1-5-15(21)17(14)11-6-7-16-13(9-11)18(25-24-16)23-19(26)12-3-2-8-22-10-12/h1,4-7,9,12,22H,2-3,8,10H2,(H2,23,24,25,26). The van der Waals surface area contributed by atoms with E-state index in [0.717, 1.165) is 41.4 Å². The first-order valence-electron chi connectivity index (χ1n) is 8.57. The van der Waals surface area contributed by atoms with Crippen molar-refractivity contribution >= 4 is 45.8 Å². The van der Waals surface area contributed by atoms with Crippen LogP contribution in [0.2, 0.25) is 10.0 Å². The summed E-state index contributed by atoms with van der Waals surface area (Å²) in [7, 11) is 0. The van der Waals surface area contributed by atoms with Gasteiger partial charge in [-0.25, -0.2) is 0 Å². The van der Waals surface area contributed by atoms with Crippen LogP contribution in [0.5, 0.6) is 0 Å². The van der Waals surface area contributed by atoms with Crippen molar-refractivity contribution in [2.24, 2.45) is 5.92 Å². The van der Waals surface area contributed by atoms with E-state index in [2.05, 4.69) is 20.8 Å². The van der Waals surface area contributed by atoms with E-state index in [1.807, 2.05) is 24.3 Å². The molecule has 0 aliphatic carbocycles. The first-order valence-corrected chi connectivity index (χ1v) is 9.33. The number of aromatic amines is 1. The van der Waals surface area contributed by atoms with Crippen LogP contribution >= 0.6 is 23.2 Å². The van der Waals surface area contributed by atoms with Gasteiger partial charge in [0, 0.05) is 27.5 Å². The third-order valence-corrected chi connectivity index (χ3v) is 5.35. The number of rotatable bonds is 3. The van der Waals surface area contributed by atoms with Crippen LogP contribution < -0.4 is 10.6 Å². The molecule has 1 aliphatic rings. The molecule has 0 spiro atoms. The largest absolute Gasteiger partial charge is 0.316 e. The molecular weight excluding hydrogens is 371 g/mol. The Morgan fingerprint density at radius 2 is 2.00 bits per heavy atom.